The van der Waals surface area contributed by atoms with E-state index < -0.39 is 5.91 Å². The van der Waals surface area contributed by atoms with E-state index in [9.17, 15) is 4.79 Å². The Kier molecular flexibility index (Phi) is 3.20. The molecule has 13 heavy (non-hydrogen) atoms. The predicted octanol–water partition coefficient (Wildman–Crippen LogP) is 1.30. The standard InChI is InChI=1S/C10H12N2O/c1-2-3-4-8-5-6-12-9(7-8)10(11)13/h2,5-7H,1,3-4H2,(H2,11,13). The summed E-state index contributed by atoms with van der Waals surface area (Å²) in [5.74, 6) is -0.486. The highest BCUT2D eigenvalue weighted by atomic mass is 16.1. The summed E-state index contributed by atoms with van der Waals surface area (Å²) in [6, 6.07) is 3.59. The second kappa shape index (κ2) is 4.40. The molecular weight excluding hydrogens is 164 g/mol. The monoisotopic (exact) mass is 176 g/mol. The zero-order valence-corrected chi connectivity index (χ0v) is 7.36. The molecule has 0 aliphatic carbocycles. The Morgan fingerprint density at radius 1 is 1.69 bits per heavy atom. The van der Waals surface area contributed by atoms with Crippen LogP contribution in [0.2, 0.25) is 0 Å². The van der Waals surface area contributed by atoms with Crippen LogP contribution >= 0.6 is 0 Å². The minimum absolute atomic E-state index is 0.321. The third kappa shape index (κ3) is 2.71. The Morgan fingerprint density at radius 3 is 3.08 bits per heavy atom. The molecule has 0 bridgehead atoms. The quantitative estimate of drug-likeness (QED) is 0.703. The molecule has 1 aromatic heterocycles. The van der Waals surface area contributed by atoms with Crippen LogP contribution in [0, 0.1) is 0 Å². The van der Waals surface area contributed by atoms with Crippen molar-refractivity contribution >= 4 is 5.91 Å². The van der Waals surface area contributed by atoms with Gasteiger partial charge in [-0.25, -0.2) is 0 Å². The molecule has 0 unspecified atom stereocenters. The van der Waals surface area contributed by atoms with E-state index >= 15 is 0 Å². The van der Waals surface area contributed by atoms with Gasteiger partial charge in [0.15, 0.2) is 0 Å². The fourth-order valence-electron chi connectivity index (χ4n) is 1.03. The average Bonchev–Trinajstić information content (AvgIpc) is 2.15. The van der Waals surface area contributed by atoms with Gasteiger partial charge in [-0.05, 0) is 30.5 Å². The van der Waals surface area contributed by atoms with E-state index in [2.05, 4.69) is 11.6 Å². The summed E-state index contributed by atoms with van der Waals surface area (Å²) in [7, 11) is 0. The molecule has 1 amide bonds. The average molecular weight is 176 g/mol. The molecule has 0 saturated heterocycles. The summed E-state index contributed by atoms with van der Waals surface area (Å²) in [5.41, 5.74) is 6.47. The van der Waals surface area contributed by atoms with Crippen LogP contribution in [0.25, 0.3) is 0 Å². The smallest absolute Gasteiger partial charge is 0.267 e. The van der Waals surface area contributed by atoms with Gasteiger partial charge in [0.2, 0.25) is 0 Å². The molecule has 0 aliphatic rings. The number of nitrogens with zero attached hydrogens (tertiary/aromatic N) is 1. The number of carbonyl (C=O) groups excluding carboxylic acids is 1. The van der Waals surface area contributed by atoms with Crippen LogP contribution in [-0.2, 0) is 6.42 Å². The number of hydrogen-bond acceptors (Lipinski definition) is 2. The lowest BCUT2D eigenvalue weighted by Gasteiger charge is -1.99. The van der Waals surface area contributed by atoms with Gasteiger partial charge < -0.3 is 5.73 Å². The van der Waals surface area contributed by atoms with E-state index in [1.165, 1.54) is 0 Å². The number of aryl methyl sites for hydroxylation is 1. The van der Waals surface area contributed by atoms with E-state index in [1.807, 2.05) is 12.1 Å². The van der Waals surface area contributed by atoms with E-state index in [-0.39, 0.29) is 0 Å². The third-order valence-corrected chi connectivity index (χ3v) is 1.71. The van der Waals surface area contributed by atoms with Gasteiger partial charge in [0.05, 0.1) is 0 Å². The zero-order valence-electron chi connectivity index (χ0n) is 7.36. The van der Waals surface area contributed by atoms with E-state index in [0.29, 0.717) is 5.69 Å². The fraction of sp³-hybridized carbons (Fsp3) is 0.200. The lowest BCUT2D eigenvalue weighted by atomic mass is 10.1. The van der Waals surface area contributed by atoms with Crippen LogP contribution in [0.4, 0.5) is 0 Å². The first kappa shape index (κ1) is 9.45. The van der Waals surface area contributed by atoms with Gasteiger partial charge in [-0.2, -0.15) is 0 Å². The molecule has 3 heteroatoms. The SMILES string of the molecule is C=CCCc1ccnc(C(N)=O)c1. The summed E-state index contributed by atoms with van der Waals surface area (Å²) >= 11 is 0. The maximum atomic E-state index is 10.8. The summed E-state index contributed by atoms with van der Waals surface area (Å²) in [6.07, 6.45) is 5.19. The van der Waals surface area contributed by atoms with Crippen LogP contribution in [0.3, 0.4) is 0 Å². The normalized spacial score (nSPS) is 9.54. The van der Waals surface area contributed by atoms with Gasteiger partial charge in [0.25, 0.3) is 5.91 Å². The summed E-state index contributed by atoms with van der Waals surface area (Å²) in [4.78, 5) is 14.6. The molecule has 0 spiro atoms. The lowest BCUT2D eigenvalue weighted by Crippen LogP contribution is -2.13. The maximum Gasteiger partial charge on any atom is 0.267 e. The molecule has 0 radical (unpaired) electrons. The molecule has 2 N–H and O–H groups in total. The molecule has 0 atom stereocenters. The Hall–Kier alpha value is -1.64. The second-order valence-electron chi connectivity index (χ2n) is 2.74. The van der Waals surface area contributed by atoms with E-state index in [0.717, 1.165) is 18.4 Å². The van der Waals surface area contributed by atoms with Crippen molar-refractivity contribution in [2.45, 2.75) is 12.8 Å². The Morgan fingerprint density at radius 2 is 2.46 bits per heavy atom. The van der Waals surface area contributed by atoms with Crippen molar-refractivity contribution in [3.8, 4) is 0 Å². The topological polar surface area (TPSA) is 56.0 Å². The molecule has 0 aliphatic heterocycles. The number of allylic oxidation sites excluding steroid dienone is 1. The number of rotatable bonds is 4. The molecule has 0 aromatic carbocycles. The largest absolute Gasteiger partial charge is 0.364 e. The predicted molar refractivity (Wildman–Crippen MR) is 51.3 cm³/mol. The number of primary amides is 1. The van der Waals surface area contributed by atoms with E-state index in [1.54, 1.807) is 12.3 Å². The van der Waals surface area contributed by atoms with Crippen molar-refractivity contribution in [3.05, 3.63) is 42.2 Å². The van der Waals surface area contributed by atoms with E-state index in [4.69, 9.17) is 5.73 Å². The summed E-state index contributed by atoms with van der Waals surface area (Å²) < 4.78 is 0. The lowest BCUT2D eigenvalue weighted by molar-refractivity contribution is 0.0995. The molecule has 0 saturated carbocycles. The van der Waals surface area contributed by atoms with Crippen molar-refractivity contribution in [1.29, 1.82) is 0 Å². The number of hydrogen-bond donors (Lipinski definition) is 1. The summed E-state index contributed by atoms with van der Waals surface area (Å²) in [6.45, 7) is 3.63. The fourth-order valence-corrected chi connectivity index (χ4v) is 1.03. The van der Waals surface area contributed by atoms with Crippen LogP contribution < -0.4 is 5.73 Å². The van der Waals surface area contributed by atoms with Crippen molar-refractivity contribution in [3.63, 3.8) is 0 Å². The molecule has 68 valence electrons. The van der Waals surface area contributed by atoms with Gasteiger partial charge in [0.1, 0.15) is 5.69 Å². The van der Waals surface area contributed by atoms with Gasteiger partial charge >= 0.3 is 0 Å². The molecule has 1 aromatic rings. The second-order valence-corrected chi connectivity index (χ2v) is 2.74. The molecular formula is C10H12N2O. The number of aromatic nitrogens is 1. The van der Waals surface area contributed by atoms with Gasteiger partial charge in [0, 0.05) is 6.20 Å². The van der Waals surface area contributed by atoms with Gasteiger partial charge in [-0.15, -0.1) is 6.58 Å². The number of pyridine rings is 1. The van der Waals surface area contributed by atoms with Crippen LogP contribution in [0.15, 0.2) is 31.0 Å². The summed E-state index contributed by atoms with van der Waals surface area (Å²) in [5, 5.41) is 0. The van der Waals surface area contributed by atoms with Crippen molar-refractivity contribution in [1.82, 2.24) is 4.98 Å². The molecule has 0 fully saturated rings. The van der Waals surface area contributed by atoms with Crippen molar-refractivity contribution in [2.75, 3.05) is 0 Å². The number of amides is 1. The minimum Gasteiger partial charge on any atom is -0.364 e. The number of carbonyl (C=O) groups is 1. The minimum atomic E-state index is -0.486. The van der Waals surface area contributed by atoms with Crippen molar-refractivity contribution in [2.24, 2.45) is 5.73 Å². The first-order valence-corrected chi connectivity index (χ1v) is 4.09. The molecule has 3 nitrogen and oxygen atoms in total. The Balaban J connectivity index is 2.79. The molecule has 1 heterocycles. The third-order valence-electron chi connectivity index (χ3n) is 1.71. The van der Waals surface area contributed by atoms with Gasteiger partial charge in [-0.3, -0.25) is 9.78 Å². The first-order valence-electron chi connectivity index (χ1n) is 4.09. The highest BCUT2D eigenvalue weighted by Crippen LogP contribution is 2.04. The zero-order chi connectivity index (χ0) is 9.68. The number of nitrogens with two attached hydrogens (primary N) is 1. The highest BCUT2D eigenvalue weighted by molar-refractivity contribution is 5.90. The maximum absolute atomic E-state index is 10.8. The van der Waals surface area contributed by atoms with Gasteiger partial charge in [-0.1, -0.05) is 6.08 Å². The highest BCUT2D eigenvalue weighted by Gasteiger charge is 2.01. The Bertz CT molecular complexity index is 320. The van der Waals surface area contributed by atoms with Crippen LogP contribution in [0.1, 0.15) is 22.5 Å². The Labute approximate surface area is 77.3 Å². The van der Waals surface area contributed by atoms with Crippen molar-refractivity contribution < 1.29 is 4.79 Å². The van der Waals surface area contributed by atoms with Crippen LogP contribution in [0.5, 0.6) is 0 Å². The van der Waals surface area contributed by atoms with Crippen LogP contribution in [-0.4, -0.2) is 10.9 Å². The molecule has 1 rings (SSSR count). The first-order chi connectivity index (χ1) is 6.24.